The van der Waals surface area contributed by atoms with E-state index in [9.17, 15) is 14.3 Å². The lowest BCUT2D eigenvalue weighted by molar-refractivity contribution is -0.117. The van der Waals surface area contributed by atoms with Crippen molar-refractivity contribution in [3.8, 4) is 5.75 Å². The third-order valence-electron chi connectivity index (χ3n) is 4.28. The van der Waals surface area contributed by atoms with Gasteiger partial charge in [0.25, 0.3) is 0 Å². The molecule has 0 saturated heterocycles. The second-order valence-corrected chi connectivity index (χ2v) is 8.52. The van der Waals surface area contributed by atoms with Crippen LogP contribution in [-0.2, 0) is 26.8 Å². The Morgan fingerprint density at radius 3 is 2.62 bits per heavy atom. The van der Waals surface area contributed by atoms with Crippen molar-refractivity contribution >= 4 is 19.2 Å². The van der Waals surface area contributed by atoms with Crippen molar-refractivity contribution in [2.45, 2.75) is 39.2 Å². The molecule has 7 nitrogen and oxygen atoms in total. The Morgan fingerprint density at radius 1 is 1.17 bits per heavy atom. The summed E-state index contributed by atoms with van der Waals surface area (Å²) in [5.74, 6) is 1.38. The van der Waals surface area contributed by atoms with Gasteiger partial charge in [-0.05, 0) is 56.0 Å². The van der Waals surface area contributed by atoms with E-state index in [1.165, 1.54) is 0 Å². The first-order chi connectivity index (χ1) is 13.9. The third kappa shape index (κ3) is 8.77. The Hall–Kier alpha value is -2.21. The highest BCUT2D eigenvalue weighted by Crippen LogP contribution is 2.41. The van der Waals surface area contributed by atoms with Crippen LogP contribution in [0.15, 0.2) is 42.5 Å². The number of nitrogens with zero attached hydrogens (tertiary/aromatic N) is 1. The lowest BCUT2D eigenvalue weighted by Crippen LogP contribution is -2.07. The van der Waals surface area contributed by atoms with E-state index < -0.39 is 13.8 Å². The van der Waals surface area contributed by atoms with Crippen molar-refractivity contribution in [1.82, 2.24) is 4.98 Å². The minimum absolute atomic E-state index is 0.121. The summed E-state index contributed by atoms with van der Waals surface area (Å²) in [5, 5.41) is 3.31. The lowest BCUT2D eigenvalue weighted by Gasteiger charge is -2.10. The van der Waals surface area contributed by atoms with Gasteiger partial charge in [-0.15, -0.1) is 0 Å². The summed E-state index contributed by atoms with van der Waals surface area (Å²) in [6, 6.07) is 13.7. The predicted molar refractivity (Wildman–Crippen MR) is 113 cm³/mol. The largest absolute Gasteiger partial charge is 0.497 e. The highest BCUT2D eigenvalue weighted by molar-refractivity contribution is 7.53. The average molecular weight is 420 g/mol. The molecule has 0 aliphatic rings. The van der Waals surface area contributed by atoms with E-state index in [1.807, 2.05) is 42.5 Å². The van der Waals surface area contributed by atoms with Gasteiger partial charge in [0, 0.05) is 18.7 Å². The van der Waals surface area contributed by atoms with Crippen molar-refractivity contribution in [3.05, 3.63) is 53.7 Å². The molecule has 0 aliphatic heterocycles. The first-order valence-corrected chi connectivity index (χ1v) is 11.5. The number of nitrogens with one attached hydrogen (secondary N) is 1. The van der Waals surface area contributed by atoms with Crippen LogP contribution in [0, 0.1) is 0 Å². The Kier molecular flexibility index (Phi) is 9.32. The Bertz CT molecular complexity index is 826. The minimum atomic E-state index is -3.78. The molecular formula is C21H29N2O5P. The summed E-state index contributed by atoms with van der Waals surface area (Å²) < 4.78 is 21.5. The smallest absolute Gasteiger partial charge is 0.335 e. The number of pyridine rings is 1. The molecule has 0 aliphatic carbocycles. The first-order valence-electron chi connectivity index (χ1n) is 9.72. The molecule has 1 atom stereocenters. The Balaban J connectivity index is 1.73. The molecule has 0 radical (unpaired) electrons. The third-order valence-corrected chi connectivity index (χ3v) is 5.70. The number of methoxy groups -OCH3 is 1. The molecule has 1 aromatic carbocycles. The molecule has 2 N–H and O–H groups in total. The summed E-state index contributed by atoms with van der Waals surface area (Å²) in [6.45, 7) is 2.41. The van der Waals surface area contributed by atoms with E-state index >= 15 is 0 Å². The summed E-state index contributed by atoms with van der Waals surface area (Å²) in [5.41, 5.74) is 2.07. The maximum atomic E-state index is 11.8. The summed E-state index contributed by atoms with van der Waals surface area (Å²) in [7, 11) is -2.13. The molecule has 2 rings (SSSR count). The number of rotatable bonds is 13. The second kappa shape index (κ2) is 11.7. The van der Waals surface area contributed by atoms with Gasteiger partial charge in [0.05, 0.1) is 13.7 Å². The number of unbranched alkanes of at least 4 members (excludes halogenated alkanes) is 1. The topological polar surface area (TPSA) is 97.8 Å². The molecule has 1 aromatic heterocycles. The van der Waals surface area contributed by atoms with Gasteiger partial charge >= 0.3 is 7.60 Å². The van der Waals surface area contributed by atoms with Crippen molar-refractivity contribution in [3.63, 3.8) is 0 Å². The highest BCUT2D eigenvalue weighted by atomic mass is 31.2. The number of ether oxygens (including phenoxy) is 1. The number of aryl methyl sites for hydroxylation is 1. The van der Waals surface area contributed by atoms with E-state index in [2.05, 4.69) is 10.3 Å². The van der Waals surface area contributed by atoms with Gasteiger partial charge in [0.15, 0.2) is 0 Å². The Labute approximate surface area is 172 Å². The predicted octanol–water partition coefficient (Wildman–Crippen LogP) is 4.21. The normalized spacial score (nSPS) is 12.9. The van der Waals surface area contributed by atoms with E-state index in [4.69, 9.17) is 9.26 Å². The molecule has 158 valence electrons. The number of carbonyl (C=O) groups is 1. The molecule has 0 spiro atoms. The molecule has 0 saturated carbocycles. The van der Waals surface area contributed by atoms with Gasteiger partial charge in [0.2, 0.25) is 0 Å². The van der Waals surface area contributed by atoms with E-state index in [0.29, 0.717) is 13.0 Å². The van der Waals surface area contributed by atoms with Gasteiger partial charge in [0.1, 0.15) is 23.5 Å². The minimum Gasteiger partial charge on any atom is -0.497 e. The van der Waals surface area contributed by atoms with Gasteiger partial charge in [-0.3, -0.25) is 9.36 Å². The van der Waals surface area contributed by atoms with Crippen molar-refractivity contribution in [2.24, 2.45) is 0 Å². The molecular weight excluding hydrogens is 391 g/mol. The molecule has 0 fully saturated rings. The molecule has 1 heterocycles. The summed E-state index contributed by atoms with van der Waals surface area (Å²) >= 11 is 0. The van der Waals surface area contributed by atoms with Gasteiger partial charge in [-0.1, -0.05) is 18.2 Å². The molecule has 29 heavy (non-hydrogen) atoms. The fourth-order valence-corrected chi connectivity index (χ4v) is 3.93. The second-order valence-electron chi connectivity index (χ2n) is 6.67. The molecule has 0 bridgehead atoms. The standard InChI is InChI=1S/C21H29N2O5P/c1-3-28-29(25,26)16-19(24)9-5-4-7-18-8-6-10-21(23-18)22-15-17-11-13-20(27-2)14-12-17/h6,8,10-14H,3-5,7,9,15-16H2,1-2H3,(H,22,23)(H,25,26). The van der Waals surface area contributed by atoms with Crippen LogP contribution in [0.2, 0.25) is 0 Å². The highest BCUT2D eigenvalue weighted by Gasteiger charge is 2.22. The fourth-order valence-electron chi connectivity index (χ4n) is 2.83. The van der Waals surface area contributed by atoms with Crippen LogP contribution in [-0.4, -0.2) is 35.5 Å². The number of ketones is 1. The number of aromatic nitrogens is 1. The van der Waals surface area contributed by atoms with Gasteiger partial charge < -0.3 is 19.5 Å². The summed E-state index contributed by atoms with van der Waals surface area (Å²) in [4.78, 5) is 25.9. The maximum absolute atomic E-state index is 11.8. The lowest BCUT2D eigenvalue weighted by atomic mass is 10.1. The van der Waals surface area contributed by atoms with Crippen LogP contribution in [0.25, 0.3) is 0 Å². The van der Waals surface area contributed by atoms with Crippen LogP contribution in [0.5, 0.6) is 5.75 Å². The van der Waals surface area contributed by atoms with Gasteiger partial charge in [-0.2, -0.15) is 0 Å². The van der Waals surface area contributed by atoms with Crippen LogP contribution in [0.4, 0.5) is 5.82 Å². The van der Waals surface area contributed by atoms with Crippen molar-refractivity contribution in [2.75, 3.05) is 25.2 Å². The number of hydrogen-bond donors (Lipinski definition) is 2. The molecule has 0 amide bonds. The average Bonchev–Trinajstić information content (AvgIpc) is 2.70. The number of hydrogen-bond acceptors (Lipinski definition) is 6. The maximum Gasteiger partial charge on any atom is 0.335 e. The van der Waals surface area contributed by atoms with Crippen LogP contribution in [0.1, 0.15) is 37.4 Å². The van der Waals surface area contributed by atoms with Gasteiger partial charge in [-0.25, -0.2) is 4.98 Å². The van der Waals surface area contributed by atoms with Crippen LogP contribution >= 0.6 is 7.60 Å². The number of anilines is 1. The zero-order valence-corrected chi connectivity index (χ0v) is 17.9. The zero-order valence-electron chi connectivity index (χ0n) is 17.0. The first kappa shape index (κ1) is 23.1. The van der Waals surface area contributed by atoms with Crippen LogP contribution < -0.4 is 10.1 Å². The molecule has 8 heteroatoms. The van der Waals surface area contributed by atoms with Crippen molar-refractivity contribution < 1.29 is 23.5 Å². The monoisotopic (exact) mass is 420 g/mol. The number of Topliss-reactive ketones (excluding diaryl/α,β-unsaturated/α-hetero) is 1. The number of benzene rings is 1. The fraction of sp³-hybridized carbons (Fsp3) is 0.429. The zero-order chi connectivity index (χ0) is 21.1. The number of carbonyl (C=O) groups excluding carboxylic acids is 1. The van der Waals surface area contributed by atoms with E-state index in [-0.39, 0.29) is 18.8 Å². The Morgan fingerprint density at radius 2 is 1.93 bits per heavy atom. The van der Waals surface area contributed by atoms with Crippen LogP contribution in [0.3, 0.4) is 0 Å². The molecule has 1 unspecified atom stereocenters. The van der Waals surface area contributed by atoms with E-state index in [1.54, 1.807) is 14.0 Å². The molecule has 2 aromatic rings. The SMILES string of the molecule is CCOP(=O)(O)CC(=O)CCCCc1cccc(NCc2ccc(OC)cc2)n1. The summed E-state index contributed by atoms with van der Waals surface area (Å²) in [6.07, 6.45) is 2.03. The van der Waals surface area contributed by atoms with Crippen molar-refractivity contribution in [1.29, 1.82) is 0 Å². The quantitative estimate of drug-likeness (QED) is 0.370. The van der Waals surface area contributed by atoms with E-state index in [0.717, 1.165) is 35.7 Å².